The Morgan fingerprint density at radius 1 is 1.09 bits per heavy atom. The predicted octanol–water partition coefficient (Wildman–Crippen LogP) is 4.61. The number of aromatic amines is 1. The number of H-pyrrole nitrogens is 1. The monoisotopic (exact) mass is 293 g/mol. The Hall–Kier alpha value is -2.55. The number of para-hydroxylation sites is 2. The quantitative estimate of drug-likeness (QED) is 0.698. The van der Waals surface area contributed by atoms with E-state index >= 15 is 0 Å². The van der Waals surface area contributed by atoms with E-state index in [0.29, 0.717) is 12.2 Å². The number of aldehydes is 1. The highest BCUT2D eigenvalue weighted by atomic mass is 16.5. The van der Waals surface area contributed by atoms with E-state index in [-0.39, 0.29) is 0 Å². The number of nitrogens with one attached hydrogen (secondary N) is 1. The molecule has 1 aromatic heterocycles. The molecule has 0 aliphatic carbocycles. The van der Waals surface area contributed by atoms with Crippen LogP contribution in [-0.4, -0.2) is 17.9 Å². The molecule has 2 aromatic carbocycles. The van der Waals surface area contributed by atoms with Gasteiger partial charge in [-0.3, -0.25) is 4.79 Å². The average Bonchev–Trinajstić information content (AvgIpc) is 2.94. The summed E-state index contributed by atoms with van der Waals surface area (Å²) in [7, 11) is 0. The van der Waals surface area contributed by atoms with Crippen molar-refractivity contribution in [3.05, 3.63) is 53.6 Å². The number of ether oxygens (including phenoxy) is 1. The molecule has 3 nitrogen and oxygen atoms in total. The van der Waals surface area contributed by atoms with Crippen LogP contribution in [0.5, 0.6) is 5.75 Å². The van der Waals surface area contributed by atoms with Crippen LogP contribution >= 0.6 is 0 Å². The van der Waals surface area contributed by atoms with Crippen molar-refractivity contribution in [1.29, 1.82) is 0 Å². The highest BCUT2D eigenvalue weighted by Gasteiger charge is 2.17. The fourth-order valence-electron chi connectivity index (χ4n) is 2.88. The summed E-state index contributed by atoms with van der Waals surface area (Å²) in [5.41, 5.74) is 4.69. The van der Waals surface area contributed by atoms with Gasteiger partial charge in [0.15, 0.2) is 6.29 Å². The molecule has 0 amide bonds. The molecule has 0 saturated carbocycles. The van der Waals surface area contributed by atoms with Crippen LogP contribution in [0.15, 0.2) is 42.5 Å². The zero-order chi connectivity index (χ0) is 15.5. The van der Waals surface area contributed by atoms with E-state index in [9.17, 15) is 4.79 Å². The van der Waals surface area contributed by atoms with Crippen LogP contribution in [0.25, 0.3) is 22.2 Å². The standard InChI is InChI=1S/C19H19NO2/c1-3-13-8-7-10-14-16(12-21)19(20-18(13)14)15-9-5-6-11-17(15)22-4-2/h5-12,20H,3-4H2,1-2H3. The van der Waals surface area contributed by atoms with Gasteiger partial charge in [0.25, 0.3) is 0 Å². The smallest absolute Gasteiger partial charge is 0.152 e. The number of rotatable bonds is 5. The fourth-order valence-corrected chi connectivity index (χ4v) is 2.88. The van der Waals surface area contributed by atoms with E-state index in [1.165, 1.54) is 5.56 Å². The zero-order valence-electron chi connectivity index (χ0n) is 12.8. The molecular weight excluding hydrogens is 274 g/mol. The SMILES string of the molecule is CCOc1ccccc1-c1[nH]c2c(CC)cccc2c1C=O. The maximum atomic E-state index is 11.7. The summed E-state index contributed by atoms with van der Waals surface area (Å²) in [6, 6.07) is 13.9. The van der Waals surface area contributed by atoms with Gasteiger partial charge in [0.1, 0.15) is 5.75 Å². The lowest BCUT2D eigenvalue weighted by Crippen LogP contribution is -1.95. The molecule has 0 unspecified atom stereocenters. The van der Waals surface area contributed by atoms with Gasteiger partial charge in [0.05, 0.1) is 12.3 Å². The molecule has 0 aliphatic rings. The number of hydrogen-bond acceptors (Lipinski definition) is 2. The van der Waals surface area contributed by atoms with E-state index in [1.807, 2.05) is 43.3 Å². The highest BCUT2D eigenvalue weighted by Crippen LogP contribution is 2.35. The molecule has 0 saturated heterocycles. The lowest BCUT2D eigenvalue weighted by molar-refractivity contribution is 0.112. The fraction of sp³-hybridized carbons (Fsp3) is 0.211. The molecule has 1 heterocycles. The van der Waals surface area contributed by atoms with Crippen LogP contribution in [0, 0.1) is 0 Å². The van der Waals surface area contributed by atoms with Gasteiger partial charge < -0.3 is 9.72 Å². The van der Waals surface area contributed by atoms with Gasteiger partial charge in [0, 0.05) is 22.0 Å². The van der Waals surface area contributed by atoms with Crippen LogP contribution in [0.2, 0.25) is 0 Å². The molecule has 0 radical (unpaired) electrons. The molecule has 0 bridgehead atoms. The lowest BCUT2D eigenvalue weighted by atomic mass is 10.0. The second kappa shape index (κ2) is 6.06. The molecular formula is C19H19NO2. The average molecular weight is 293 g/mol. The van der Waals surface area contributed by atoms with Gasteiger partial charge in [-0.1, -0.05) is 37.3 Å². The molecule has 3 heteroatoms. The highest BCUT2D eigenvalue weighted by molar-refractivity contribution is 6.05. The molecule has 0 atom stereocenters. The molecule has 0 fully saturated rings. The van der Waals surface area contributed by atoms with E-state index < -0.39 is 0 Å². The van der Waals surface area contributed by atoms with Gasteiger partial charge in [-0.25, -0.2) is 0 Å². The summed E-state index contributed by atoms with van der Waals surface area (Å²) in [6.07, 6.45) is 1.85. The number of aromatic nitrogens is 1. The number of hydrogen-bond donors (Lipinski definition) is 1. The second-order valence-corrected chi connectivity index (χ2v) is 5.15. The van der Waals surface area contributed by atoms with E-state index in [0.717, 1.165) is 40.6 Å². The third-order valence-electron chi connectivity index (χ3n) is 3.92. The van der Waals surface area contributed by atoms with Crippen LogP contribution in [-0.2, 0) is 6.42 Å². The van der Waals surface area contributed by atoms with E-state index in [4.69, 9.17) is 4.74 Å². The number of aryl methyl sites for hydroxylation is 1. The minimum atomic E-state index is 0.591. The van der Waals surface area contributed by atoms with Crippen molar-refractivity contribution in [3.63, 3.8) is 0 Å². The Morgan fingerprint density at radius 3 is 2.64 bits per heavy atom. The first-order valence-electron chi connectivity index (χ1n) is 7.61. The van der Waals surface area contributed by atoms with Crippen molar-refractivity contribution < 1.29 is 9.53 Å². The van der Waals surface area contributed by atoms with Gasteiger partial charge in [-0.15, -0.1) is 0 Å². The van der Waals surface area contributed by atoms with Crippen LogP contribution in [0.1, 0.15) is 29.8 Å². The number of carbonyl (C=O) groups is 1. The Bertz CT molecular complexity index is 817. The van der Waals surface area contributed by atoms with E-state index in [1.54, 1.807) is 0 Å². The van der Waals surface area contributed by atoms with Crippen LogP contribution in [0.3, 0.4) is 0 Å². The summed E-state index contributed by atoms with van der Waals surface area (Å²) in [5, 5.41) is 0.968. The van der Waals surface area contributed by atoms with Gasteiger partial charge in [-0.2, -0.15) is 0 Å². The lowest BCUT2D eigenvalue weighted by Gasteiger charge is -2.09. The molecule has 0 aliphatic heterocycles. The minimum absolute atomic E-state index is 0.591. The molecule has 1 N–H and O–H groups in total. The number of benzene rings is 2. The predicted molar refractivity (Wildman–Crippen MR) is 89.7 cm³/mol. The first-order chi connectivity index (χ1) is 10.8. The summed E-state index contributed by atoms with van der Waals surface area (Å²) in [4.78, 5) is 15.1. The van der Waals surface area contributed by atoms with Crippen molar-refractivity contribution in [2.24, 2.45) is 0 Å². The molecule has 112 valence electrons. The first-order valence-corrected chi connectivity index (χ1v) is 7.61. The molecule has 0 spiro atoms. The number of fused-ring (bicyclic) bond motifs is 1. The maximum absolute atomic E-state index is 11.7. The normalized spacial score (nSPS) is 10.8. The van der Waals surface area contributed by atoms with Crippen molar-refractivity contribution in [3.8, 4) is 17.0 Å². The van der Waals surface area contributed by atoms with Gasteiger partial charge in [0.2, 0.25) is 0 Å². The third kappa shape index (κ3) is 2.29. The Kier molecular flexibility index (Phi) is 3.96. The van der Waals surface area contributed by atoms with Gasteiger partial charge in [-0.05, 0) is 31.0 Å². The summed E-state index contributed by atoms with van der Waals surface area (Å²) < 4.78 is 5.71. The first kappa shape index (κ1) is 14.4. The largest absolute Gasteiger partial charge is 0.493 e. The topological polar surface area (TPSA) is 42.1 Å². The zero-order valence-corrected chi connectivity index (χ0v) is 12.8. The van der Waals surface area contributed by atoms with Crippen LogP contribution in [0.4, 0.5) is 0 Å². The molecule has 22 heavy (non-hydrogen) atoms. The Labute approximate surface area is 129 Å². The van der Waals surface area contributed by atoms with Crippen LogP contribution < -0.4 is 4.74 Å². The van der Waals surface area contributed by atoms with Crippen molar-refractivity contribution in [2.75, 3.05) is 6.61 Å². The second-order valence-electron chi connectivity index (χ2n) is 5.15. The Morgan fingerprint density at radius 2 is 1.91 bits per heavy atom. The molecule has 3 aromatic rings. The summed E-state index contributed by atoms with van der Waals surface area (Å²) >= 11 is 0. The minimum Gasteiger partial charge on any atom is -0.493 e. The third-order valence-corrected chi connectivity index (χ3v) is 3.92. The number of carbonyl (C=O) groups excluding carboxylic acids is 1. The van der Waals surface area contributed by atoms with Crippen molar-refractivity contribution in [2.45, 2.75) is 20.3 Å². The van der Waals surface area contributed by atoms with Crippen molar-refractivity contribution in [1.82, 2.24) is 4.98 Å². The summed E-state index contributed by atoms with van der Waals surface area (Å²) in [5.74, 6) is 0.790. The maximum Gasteiger partial charge on any atom is 0.152 e. The van der Waals surface area contributed by atoms with Gasteiger partial charge >= 0.3 is 0 Å². The van der Waals surface area contributed by atoms with E-state index in [2.05, 4.69) is 18.0 Å². The summed E-state index contributed by atoms with van der Waals surface area (Å²) in [6.45, 7) is 4.66. The Balaban J connectivity index is 2.30. The van der Waals surface area contributed by atoms with Crippen molar-refractivity contribution >= 4 is 17.2 Å². The molecule has 3 rings (SSSR count).